The van der Waals surface area contributed by atoms with Gasteiger partial charge < -0.3 is 14.7 Å². The molecule has 1 heterocycles. The first-order valence-corrected chi connectivity index (χ1v) is 9.18. The van der Waals surface area contributed by atoms with Crippen molar-refractivity contribution in [2.45, 2.75) is 33.7 Å². The Morgan fingerprint density at radius 2 is 1.85 bits per heavy atom. The third-order valence-corrected chi connectivity index (χ3v) is 4.93. The van der Waals surface area contributed by atoms with Crippen LogP contribution in [0.3, 0.4) is 0 Å². The monoisotopic (exact) mass is 349 g/mol. The van der Waals surface area contributed by atoms with Crippen molar-refractivity contribution in [2.24, 2.45) is 0 Å². The number of fused-ring (bicyclic) bond motifs is 2. The van der Waals surface area contributed by atoms with Crippen LogP contribution in [0.2, 0.25) is 0 Å². The van der Waals surface area contributed by atoms with Crippen molar-refractivity contribution in [3.05, 3.63) is 41.5 Å². The zero-order valence-corrected chi connectivity index (χ0v) is 15.6. The summed E-state index contributed by atoms with van der Waals surface area (Å²) >= 11 is 0. The van der Waals surface area contributed by atoms with Gasteiger partial charge >= 0.3 is 0 Å². The normalized spacial score (nSPS) is 12.6. The van der Waals surface area contributed by atoms with E-state index in [1.807, 2.05) is 30.3 Å². The van der Waals surface area contributed by atoms with Crippen molar-refractivity contribution in [3.63, 3.8) is 0 Å². The molecule has 3 aromatic rings. The molecule has 0 aliphatic heterocycles. The lowest BCUT2D eigenvalue weighted by atomic mass is 9.86. The maximum Gasteiger partial charge on any atom is 0.196 e. The van der Waals surface area contributed by atoms with Gasteiger partial charge in [-0.1, -0.05) is 29.4 Å². The second kappa shape index (κ2) is 6.16. The smallest absolute Gasteiger partial charge is 0.196 e. The van der Waals surface area contributed by atoms with Crippen molar-refractivity contribution in [1.29, 1.82) is 0 Å². The lowest BCUT2D eigenvalue weighted by Gasteiger charge is -2.25. The molecule has 5 heteroatoms. The summed E-state index contributed by atoms with van der Waals surface area (Å²) in [5.74, 6) is 0.710. The number of carbonyl (C=O) groups is 1. The fraction of sp³-hybridized carbons (Fsp3) is 0.333. The Balaban J connectivity index is 2.10. The molecule has 1 N–H and O–H groups in total. The van der Waals surface area contributed by atoms with Crippen molar-refractivity contribution in [3.8, 4) is 11.3 Å². The van der Waals surface area contributed by atoms with E-state index in [0.29, 0.717) is 16.9 Å². The van der Waals surface area contributed by atoms with Crippen LogP contribution in [0.5, 0.6) is 0 Å². The van der Waals surface area contributed by atoms with Gasteiger partial charge in [0.1, 0.15) is 5.52 Å². The number of hydrogen-bond donors (Lipinski definition) is 1. The summed E-state index contributed by atoms with van der Waals surface area (Å²) < 4.78 is 5.75. The van der Waals surface area contributed by atoms with Crippen LogP contribution in [0.1, 0.15) is 43.6 Å². The summed E-state index contributed by atoms with van der Waals surface area (Å²) in [6, 6.07) is 9.84. The van der Waals surface area contributed by atoms with E-state index >= 15 is 0 Å². The number of nitrogens with one attached hydrogen (secondary N) is 1. The van der Waals surface area contributed by atoms with E-state index in [1.54, 1.807) is 0 Å². The van der Waals surface area contributed by atoms with Gasteiger partial charge in [0.25, 0.3) is 0 Å². The van der Waals surface area contributed by atoms with Crippen molar-refractivity contribution in [2.75, 3.05) is 23.3 Å². The number of hydrogen-bond acceptors (Lipinski definition) is 5. The quantitative estimate of drug-likeness (QED) is 0.566. The molecule has 0 amide bonds. The topological polar surface area (TPSA) is 58.4 Å². The Labute approximate surface area is 153 Å². The number of anilines is 2. The molecule has 0 saturated carbocycles. The minimum atomic E-state index is 0.0237. The molecule has 26 heavy (non-hydrogen) atoms. The highest BCUT2D eigenvalue weighted by molar-refractivity contribution is 6.28. The fourth-order valence-electron chi connectivity index (χ4n) is 3.77. The second-order valence-corrected chi connectivity index (χ2v) is 6.90. The molecule has 2 aromatic carbocycles. The van der Waals surface area contributed by atoms with Crippen LogP contribution in [0.25, 0.3) is 22.2 Å². The lowest BCUT2D eigenvalue weighted by Crippen LogP contribution is -2.24. The van der Waals surface area contributed by atoms with Crippen LogP contribution in [-0.4, -0.2) is 30.1 Å². The zero-order chi connectivity index (χ0) is 18.4. The van der Waals surface area contributed by atoms with Crippen LogP contribution in [0.15, 0.2) is 34.9 Å². The standard InChI is InChI=1S/C21H23N3O2/c1-5-24(6-2)16-11-15(22-12(3)4)17-18-19(16)23-26-21(18)14-10-8-7-9-13(14)20(17)25/h7-12,22H,5-6H2,1-4H3. The molecule has 1 aromatic heterocycles. The number of rotatable bonds is 5. The van der Waals surface area contributed by atoms with E-state index in [9.17, 15) is 4.79 Å². The summed E-state index contributed by atoms with van der Waals surface area (Å²) in [5.41, 5.74) is 4.76. The minimum Gasteiger partial charge on any atom is -0.382 e. The molecule has 0 bridgehead atoms. The average molecular weight is 349 g/mol. The fourth-order valence-corrected chi connectivity index (χ4v) is 3.77. The van der Waals surface area contributed by atoms with Gasteiger partial charge in [-0.25, -0.2) is 0 Å². The molecule has 0 atom stereocenters. The largest absolute Gasteiger partial charge is 0.382 e. The summed E-state index contributed by atoms with van der Waals surface area (Å²) in [6.07, 6.45) is 0. The molecule has 1 aliphatic rings. The Hall–Kier alpha value is -2.82. The highest BCUT2D eigenvalue weighted by atomic mass is 16.5. The van der Waals surface area contributed by atoms with Gasteiger partial charge in [-0.15, -0.1) is 0 Å². The molecule has 0 fully saturated rings. The van der Waals surface area contributed by atoms with E-state index < -0.39 is 0 Å². The third-order valence-electron chi connectivity index (χ3n) is 4.93. The first kappa shape index (κ1) is 16.6. The van der Waals surface area contributed by atoms with Crippen molar-refractivity contribution >= 4 is 28.1 Å². The van der Waals surface area contributed by atoms with Gasteiger partial charge in [-0.05, 0) is 33.8 Å². The van der Waals surface area contributed by atoms with Crippen LogP contribution >= 0.6 is 0 Å². The van der Waals surface area contributed by atoms with Gasteiger partial charge in [0.2, 0.25) is 0 Å². The van der Waals surface area contributed by atoms with E-state index in [4.69, 9.17) is 4.52 Å². The third kappa shape index (κ3) is 2.30. The molecule has 0 unspecified atom stereocenters. The molecule has 0 radical (unpaired) electrons. The van der Waals surface area contributed by atoms with Gasteiger partial charge in [-0.3, -0.25) is 4.79 Å². The van der Waals surface area contributed by atoms with Gasteiger partial charge in [0.05, 0.1) is 16.6 Å². The molecule has 4 rings (SSSR count). The maximum absolute atomic E-state index is 13.3. The lowest BCUT2D eigenvalue weighted by molar-refractivity contribution is 0.104. The highest BCUT2D eigenvalue weighted by Gasteiger charge is 2.33. The first-order chi connectivity index (χ1) is 12.6. The summed E-state index contributed by atoms with van der Waals surface area (Å²) in [7, 11) is 0. The summed E-state index contributed by atoms with van der Waals surface area (Å²) in [6.45, 7) is 10.1. The number of carbonyl (C=O) groups excluding carboxylic acids is 1. The average Bonchev–Trinajstić information content (AvgIpc) is 3.06. The molecule has 0 saturated heterocycles. The van der Waals surface area contributed by atoms with E-state index in [2.05, 4.69) is 43.1 Å². The Morgan fingerprint density at radius 1 is 1.15 bits per heavy atom. The second-order valence-electron chi connectivity index (χ2n) is 6.90. The van der Waals surface area contributed by atoms with Gasteiger partial charge in [0, 0.05) is 35.9 Å². The molecule has 134 valence electrons. The Morgan fingerprint density at radius 3 is 2.50 bits per heavy atom. The predicted octanol–water partition coefficient (Wildman–Crippen LogP) is 4.71. The Bertz CT molecular complexity index is 1000. The van der Waals surface area contributed by atoms with Crippen molar-refractivity contribution in [1.82, 2.24) is 5.16 Å². The number of nitrogens with zero attached hydrogens (tertiary/aromatic N) is 2. The molecule has 0 spiro atoms. The Kier molecular flexibility index (Phi) is 3.94. The number of aromatic nitrogens is 1. The molecule has 1 aliphatic carbocycles. The van der Waals surface area contributed by atoms with Gasteiger partial charge in [-0.2, -0.15) is 0 Å². The number of benzene rings is 2. The minimum absolute atomic E-state index is 0.0237. The van der Waals surface area contributed by atoms with Crippen molar-refractivity contribution < 1.29 is 9.32 Å². The van der Waals surface area contributed by atoms with E-state index in [1.165, 1.54) is 0 Å². The summed E-state index contributed by atoms with van der Waals surface area (Å²) in [5, 5.41) is 8.64. The van der Waals surface area contributed by atoms with Crippen LogP contribution in [-0.2, 0) is 0 Å². The van der Waals surface area contributed by atoms with Crippen LogP contribution < -0.4 is 10.2 Å². The molecular formula is C21H23N3O2. The van der Waals surface area contributed by atoms with E-state index in [-0.39, 0.29) is 11.8 Å². The molecular weight excluding hydrogens is 326 g/mol. The highest BCUT2D eigenvalue weighted by Crippen LogP contribution is 2.45. The van der Waals surface area contributed by atoms with E-state index in [0.717, 1.165) is 40.9 Å². The van der Waals surface area contributed by atoms with Gasteiger partial charge in [0.15, 0.2) is 11.5 Å². The number of ketones is 1. The van der Waals surface area contributed by atoms with Crippen LogP contribution in [0, 0.1) is 0 Å². The first-order valence-electron chi connectivity index (χ1n) is 9.18. The summed E-state index contributed by atoms with van der Waals surface area (Å²) in [4.78, 5) is 15.5. The zero-order valence-electron chi connectivity index (χ0n) is 15.6. The SMILES string of the molecule is CCN(CC)c1cc(NC(C)C)c2c3c(onc13)-c1ccccc1C2=O. The maximum atomic E-state index is 13.3. The van der Waals surface area contributed by atoms with Crippen LogP contribution in [0.4, 0.5) is 11.4 Å². The predicted molar refractivity (Wildman–Crippen MR) is 105 cm³/mol. The molecule has 5 nitrogen and oxygen atoms in total.